The Morgan fingerprint density at radius 1 is 1.21 bits per heavy atom. The minimum Gasteiger partial charge on any atom is -0.497 e. The highest BCUT2D eigenvalue weighted by Gasteiger charge is 2.07. The minimum absolute atomic E-state index is 0.0272. The van der Waals surface area contributed by atoms with Crippen molar-refractivity contribution in [3.63, 3.8) is 0 Å². The smallest absolute Gasteiger partial charge is 0.251 e. The second-order valence-electron chi connectivity index (χ2n) is 3.78. The van der Waals surface area contributed by atoms with E-state index in [4.69, 9.17) is 4.74 Å². The molecule has 0 fully saturated rings. The van der Waals surface area contributed by atoms with Crippen molar-refractivity contribution < 1.29 is 17.9 Å². The van der Waals surface area contributed by atoms with E-state index in [-0.39, 0.29) is 24.7 Å². The fourth-order valence-electron chi connectivity index (χ4n) is 1.33. The van der Waals surface area contributed by atoms with Gasteiger partial charge in [0.05, 0.1) is 12.9 Å². The van der Waals surface area contributed by atoms with Crippen LogP contribution in [0.3, 0.4) is 0 Å². The van der Waals surface area contributed by atoms with Gasteiger partial charge in [-0.2, -0.15) is 0 Å². The number of benzene rings is 1. The maximum Gasteiger partial charge on any atom is 0.251 e. The molecule has 1 aromatic rings. The molecule has 1 amide bonds. The zero-order valence-corrected chi connectivity index (χ0v) is 11.8. The van der Waals surface area contributed by atoms with Crippen molar-refractivity contribution in [1.29, 1.82) is 0 Å². The summed E-state index contributed by atoms with van der Waals surface area (Å²) in [7, 11) is -1.66. The molecule has 6 nitrogen and oxygen atoms in total. The Hall–Kier alpha value is -1.60. The van der Waals surface area contributed by atoms with Gasteiger partial charge >= 0.3 is 0 Å². The van der Waals surface area contributed by atoms with Gasteiger partial charge in [-0.15, -0.1) is 0 Å². The Balaban J connectivity index is 2.39. The van der Waals surface area contributed by atoms with Gasteiger partial charge in [0.15, 0.2) is 0 Å². The SMILES string of the molecule is CCS(=O)(=O)NCCNC(=O)c1ccc(OC)cc1. The summed E-state index contributed by atoms with van der Waals surface area (Å²) in [5.41, 5.74) is 0.499. The number of hydrogen-bond acceptors (Lipinski definition) is 4. The maximum atomic E-state index is 11.7. The molecule has 0 aliphatic carbocycles. The first-order valence-electron chi connectivity index (χ1n) is 5.88. The lowest BCUT2D eigenvalue weighted by atomic mass is 10.2. The molecule has 0 atom stereocenters. The van der Waals surface area contributed by atoms with Crippen LogP contribution in [-0.2, 0) is 10.0 Å². The topological polar surface area (TPSA) is 84.5 Å². The molecule has 0 aliphatic rings. The fourth-order valence-corrected chi connectivity index (χ4v) is 1.95. The standard InChI is InChI=1S/C12H18N2O4S/c1-3-19(16,17)14-9-8-13-12(15)10-4-6-11(18-2)7-5-10/h4-7,14H,3,8-9H2,1-2H3,(H,13,15). The molecule has 1 aromatic carbocycles. The summed E-state index contributed by atoms with van der Waals surface area (Å²) >= 11 is 0. The van der Waals surface area contributed by atoms with Crippen molar-refractivity contribution in [2.45, 2.75) is 6.92 Å². The average Bonchev–Trinajstić information content (AvgIpc) is 2.43. The summed E-state index contributed by atoms with van der Waals surface area (Å²) in [6.07, 6.45) is 0. The van der Waals surface area contributed by atoms with Crippen molar-refractivity contribution in [2.24, 2.45) is 0 Å². The molecular weight excluding hydrogens is 268 g/mol. The van der Waals surface area contributed by atoms with E-state index >= 15 is 0 Å². The summed E-state index contributed by atoms with van der Waals surface area (Å²) in [4.78, 5) is 11.7. The molecule has 0 saturated carbocycles. The number of methoxy groups -OCH3 is 1. The number of amides is 1. The monoisotopic (exact) mass is 286 g/mol. The van der Waals surface area contributed by atoms with E-state index in [0.29, 0.717) is 11.3 Å². The molecule has 0 unspecified atom stereocenters. The van der Waals surface area contributed by atoms with Gasteiger partial charge < -0.3 is 10.1 Å². The van der Waals surface area contributed by atoms with Crippen LogP contribution >= 0.6 is 0 Å². The number of rotatable bonds is 7. The van der Waals surface area contributed by atoms with Gasteiger partial charge in [0, 0.05) is 18.7 Å². The van der Waals surface area contributed by atoms with Crippen LogP contribution in [0.5, 0.6) is 5.75 Å². The lowest BCUT2D eigenvalue weighted by Gasteiger charge is -2.07. The van der Waals surface area contributed by atoms with Crippen LogP contribution in [0.4, 0.5) is 0 Å². The van der Waals surface area contributed by atoms with Crippen LogP contribution < -0.4 is 14.8 Å². The third-order valence-corrected chi connectivity index (χ3v) is 3.87. The van der Waals surface area contributed by atoms with Gasteiger partial charge in [0.25, 0.3) is 5.91 Å². The summed E-state index contributed by atoms with van der Waals surface area (Å²) in [6, 6.07) is 6.66. The quantitative estimate of drug-likeness (QED) is 0.709. The average molecular weight is 286 g/mol. The first-order chi connectivity index (χ1) is 8.98. The molecule has 0 saturated heterocycles. The van der Waals surface area contributed by atoms with Crippen LogP contribution in [0.15, 0.2) is 24.3 Å². The molecule has 1 rings (SSSR count). The second kappa shape index (κ2) is 7.10. The molecule has 106 valence electrons. The second-order valence-corrected chi connectivity index (χ2v) is 5.88. The van der Waals surface area contributed by atoms with E-state index in [2.05, 4.69) is 10.0 Å². The van der Waals surface area contributed by atoms with Crippen LogP contribution in [-0.4, -0.2) is 40.3 Å². The van der Waals surface area contributed by atoms with Crippen molar-refractivity contribution in [3.8, 4) is 5.75 Å². The molecule has 7 heteroatoms. The van der Waals surface area contributed by atoms with Crippen molar-refractivity contribution in [3.05, 3.63) is 29.8 Å². The predicted molar refractivity (Wildman–Crippen MR) is 72.8 cm³/mol. The Bertz CT molecular complexity index is 511. The van der Waals surface area contributed by atoms with E-state index in [1.165, 1.54) is 0 Å². The van der Waals surface area contributed by atoms with Gasteiger partial charge in [-0.1, -0.05) is 0 Å². The summed E-state index contributed by atoms with van der Waals surface area (Å²) in [5, 5.41) is 2.63. The van der Waals surface area contributed by atoms with E-state index in [1.807, 2.05) is 0 Å². The lowest BCUT2D eigenvalue weighted by Crippen LogP contribution is -2.35. The number of carbonyl (C=O) groups excluding carboxylic acids is 1. The summed E-state index contributed by atoms with van der Waals surface area (Å²) in [6.45, 7) is 1.97. The van der Waals surface area contributed by atoms with Gasteiger partial charge in [-0.25, -0.2) is 13.1 Å². The van der Waals surface area contributed by atoms with E-state index in [0.717, 1.165) is 0 Å². The number of nitrogens with one attached hydrogen (secondary N) is 2. The Labute approximate surface area is 113 Å². The third-order valence-electron chi connectivity index (χ3n) is 2.46. The molecular formula is C12H18N2O4S. The first-order valence-corrected chi connectivity index (χ1v) is 7.53. The Morgan fingerprint density at radius 3 is 2.37 bits per heavy atom. The predicted octanol–water partition coefficient (Wildman–Crippen LogP) is 0.364. The summed E-state index contributed by atoms with van der Waals surface area (Å²) in [5.74, 6) is 0.449. The fraction of sp³-hybridized carbons (Fsp3) is 0.417. The minimum atomic E-state index is -3.21. The largest absolute Gasteiger partial charge is 0.497 e. The van der Waals surface area contributed by atoms with E-state index in [9.17, 15) is 13.2 Å². The number of sulfonamides is 1. The van der Waals surface area contributed by atoms with Crippen LogP contribution in [0.1, 0.15) is 17.3 Å². The van der Waals surface area contributed by atoms with Crippen LogP contribution in [0, 0.1) is 0 Å². The van der Waals surface area contributed by atoms with Crippen LogP contribution in [0.25, 0.3) is 0 Å². The maximum absolute atomic E-state index is 11.7. The Morgan fingerprint density at radius 2 is 1.84 bits per heavy atom. The molecule has 0 radical (unpaired) electrons. The van der Waals surface area contributed by atoms with Gasteiger partial charge in [-0.3, -0.25) is 4.79 Å². The van der Waals surface area contributed by atoms with Gasteiger partial charge in [0.1, 0.15) is 5.75 Å². The molecule has 0 spiro atoms. The van der Waals surface area contributed by atoms with Gasteiger partial charge in [-0.05, 0) is 31.2 Å². The highest BCUT2D eigenvalue weighted by atomic mass is 32.2. The lowest BCUT2D eigenvalue weighted by molar-refractivity contribution is 0.0954. The normalized spacial score (nSPS) is 11.1. The molecule has 0 bridgehead atoms. The number of hydrogen-bond donors (Lipinski definition) is 2. The highest BCUT2D eigenvalue weighted by Crippen LogP contribution is 2.10. The zero-order chi connectivity index (χ0) is 14.3. The third kappa shape index (κ3) is 5.27. The van der Waals surface area contributed by atoms with Gasteiger partial charge in [0.2, 0.25) is 10.0 Å². The Kier molecular flexibility index (Phi) is 5.78. The molecule has 0 aliphatic heterocycles. The molecule has 0 heterocycles. The first kappa shape index (κ1) is 15.5. The van der Waals surface area contributed by atoms with Crippen molar-refractivity contribution >= 4 is 15.9 Å². The van der Waals surface area contributed by atoms with Crippen molar-refractivity contribution in [1.82, 2.24) is 10.0 Å². The molecule has 19 heavy (non-hydrogen) atoms. The van der Waals surface area contributed by atoms with Crippen LogP contribution in [0.2, 0.25) is 0 Å². The number of ether oxygens (including phenoxy) is 1. The molecule has 2 N–H and O–H groups in total. The number of carbonyl (C=O) groups is 1. The zero-order valence-electron chi connectivity index (χ0n) is 11.0. The van der Waals surface area contributed by atoms with E-state index < -0.39 is 10.0 Å². The van der Waals surface area contributed by atoms with E-state index in [1.54, 1.807) is 38.3 Å². The molecule has 0 aromatic heterocycles. The highest BCUT2D eigenvalue weighted by molar-refractivity contribution is 7.89. The summed E-state index contributed by atoms with van der Waals surface area (Å²) < 4.78 is 29.7. The van der Waals surface area contributed by atoms with Crippen molar-refractivity contribution in [2.75, 3.05) is 26.0 Å².